The fraction of sp³-hybridized carbons (Fsp3) is 0.676. The van der Waals surface area contributed by atoms with Crippen LogP contribution in [0.25, 0.3) is 0 Å². The lowest BCUT2D eigenvalue weighted by Crippen LogP contribution is -2.58. The number of hydrogen-bond donors (Lipinski definition) is 5. The van der Waals surface area contributed by atoms with Crippen molar-refractivity contribution in [2.24, 2.45) is 22.7 Å². The zero-order valence-electron chi connectivity index (χ0n) is 59.1. The van der Waals surface area contributed by atoms with Crippen LogP contribution in [-0.4, -0.2) is 154 Å². The number of aliphatic hydroxyl groups is 1. The minimum Gasteiger partial charge on any atom is -0.396 e. The van der Waals surface area contributed by atoms with Gasteiger partial charge in [0, 0.05) is 94.7 Å². The Kier molecular flexibility index (Phi) is 33.6. The molecule has 532 valence electrons. The van der Waals surface area contributed by atoms with Gasteiger partial charge in [-0.15, -0.1) is 0 Å². The Morgan fingerprint density at radius 2 is 0.968 bits per heavy atom. The van der Waals surface area contributed by atoms with Gasteiger partial charge in [-0.1, -0.05) is 162 Å². The lowest BCUT2D eigenvalue weighted by atomic mass is 9.85. The molecule has 2 heterocycles. The van der Waals surface area contributed by atoms with Crippen LogP contribution in [0.1, 0.15) is 212 Å². The second kappa shape index (κ2) is 39.8. The van der Waals surface area contributed by atoms with Crippen LogP contribution in [0.4, 0.5) is 0 Å². The third-order valence-electron chi connectivity index (χ3n) is 18.5. The summed E-state index contributed by atoms with van der Waals surface area (Å²) in [5, 5.41) is 21.4. The van der Waals surface area contributed by atoms with Crippen molar-refractivity contribution < 1.29 is 61.2 Å². The molecule has 95 heavy (non-hydrogen) atoms. The monoisotopic (exact) mass is 1360 g/mol. The van der Waals surface area contributed by atoms with Gasteiger partial charge in [-0.2, -0.15) is 0 Å². The minimum absolute atomic E-state index is 0.129. The number of likely N-dealkylation sites (tertiary alicyclic amines) is 2. The number of benzene rings is 3. The number of hydrogen-bond acceptors (Lipinski definition) is 13. The number of carbonyl (C=O) groups is 6. The van der Waals surface area contributed by atoms with Crippen LogP contribution in [0.5, 0.6) is 0 Å². The smallest absolute Gasteiger partial charge is 0.261 e. The number of rotatable bonds is 33. The molecular formula is C74H115ClN6O13S. The van der Waals surface area contributed by atoms with Crippen molar-refractivity contribution in [1.29, 1.82) is 0 Å². The van der Waals surface area contributed by atoms with Crippen LogP contribution in [0.3, 0.4) is 0 Å². The van der Waals surface area contributed by atoms with Gasteiger partial charge in [0.25, 0.3) is 9.05 Å². The summed E-state index contributed by atoms with van der Waals surface area (Å²) in [6, 6.07) is 19.5. The topological polar surface area (TPSA) is 248 Å². The van der Waals surface area contributed by atoms with E-state index in [1.165, 1.54) is 37.0 Å². The van der Waals surface area contributed by atoms with Crippen molar-refractivity contribution >= 4 is 55.2 Å². The molecule has 21 heteroatoms. The van der Waals surface area contributed by atoms with E-state index in [1.807, 2.05) is 106 Å². The number of fused-ring (bicyclic) bond motifs is 2. The van der Waals surface area contributed by atoms with Gasteiger partial charge in [0.05, 0.1) is 29.2 Å². The van der Waals surface area contributed by atoms with Crippen molar-refractivity contribution in [2.75, 3.05) is 59.3 Å². The minimum atomic E-state index is -3.55. The van der Waals surface area contributed by atoms with Crippen LogP contribution in [0.15, 0.2) is 77.7 Å². The Balaban J connectivity index is 0.000000296. The van der Waals surface area contributed by atoms with Crippen LogP contribution in [-0.2, 0) is 69.6 Å². The Morgan fingerprint density at radius 3 is 1.35 bits per heavy atom. The highest BCUT2D eigenvalue weighted by Gasteiger charge is 2.46. The highest BCUT2D eigenvalue weighted by atomic mass is 35.7. The number of carbonyl (C=O) groups excluding carboxylic acids is 6. The van der Waals surface area contributed by atoms with Gasteiger partial charge in [0.1, 0.15) is 24.2 Å². The van der Waals surface area contributed by atoms with Crippen LogP contribution >= 0.6 is 10.7 Å². The summed E-state index contributed by atoms with van der Waals surface area (Å²) >= 11 is 0. The number of unbranched alkanes of at least 4 members (excludes halogenated alkanes) is 5. The maximum atomic E-state index is 13.8. The van der Waals surface area contributed by atoms with E-state index in [4.69, 9.17) is 34.7 Å². The molecule has 10 atom stereocenters. The van der Waals surface area contributed by atoms with E-state index in [0.29, 0.717) is 78.2 Å². The van der Waals surface area contributed by atoms with Crippen LogP contribution in [0.2, 0.25) is 0 Å². The van der Waals surface area contributed by atoms with E-state index in [9.17, 15) is 37.2 Å². The van der Waals surface area contributed by atoms with Crippen molar-refractivity contribution in [3.05, 3.63) is 101 Å². The second-order valence-corrected chi connectivity index (χ2v) is 30.8. The average molecular weight is 1360 g/mol. The van der Waals surface area contributed by atoms with E-state index in [-0.39, 0.29) is 83.1 Å². The van der Waals surface area contributed by atoms with Crippen LogP contribution in [0, 0.1) is 29.6 Å². The van der Waals surface area contributed by atoms with Crippen molar-refractivity contribution in [1.82, 2.24) is 31.1 Å². The van der Waals surface area contributed by atoms with Gasteiger partial charge in [-0.3, -0.25) is 28.8 Å². The van der Waals surface area contributed by atoms with E-state index in [0.717, 1.165) is 86.6 Å². The first-order valence-corrected chi connectivity index (χ1v) is 37.5. The van der Waals surface area contributed by atoms with Crippen molar-refractivity contribution in [3.8, 4) is 0 Å². The fourth-order valence-corrected chi connectivity index (χ4v) is 13.0. The molecule has 2 saturated heterocycles. The van der Waals surface area contributed by atoms with Gasteiger partial charge in [-0.25, -0.2) is 8.42 Å². The first-order valence-electron chi connectivity index (χ1n) is 35.1. The number of ether oxygens (including phenoxy) is 4. The number of nitrogens with one attached hydrogen (secondary N) is 4. The Bertz CT molecular complexity index is 2830. The molecule has 0 bridgehead atoms. The Labute approximate surface area is 572 Å². The zero-order chi connectivity index (χ0) is 69.9. The van der Waals surface area contributed by atoms with E-state index in [2.05, 4.69) is 46.4 Å². The summed E-state index contributed by atoms with van der Waals surface area (Å²) < 4.78 is 45.5. The van der Waals surface area contributed by atoms with Crippen molar-refractivity contribution in [2.45, 2.75) is 246 Å². The quantitative estimate of drug-likeness (QED) is 0.0282. The number of halogens is 1. The lowest BCUT2D eigenvalue weighted by molar-refractivity contribution is -0.144. The standard InChI is InChI=1S/C34H55N3O5.C33H53N3O6.C7H7ClO2S/c1-7-9-10-13-20-41-21-15-22-42-28-23-25-16-11-12-17-26(25)29(28)35-32(39)27-18-14-19-37(27)33(40)30(34(4,5)6)36-31(38)24(3)8-2;1-6-23(2)30(38)35-29(33(3,4)5)32(40)36-17-12-16-26(36)31(39)34-28-25-15-9-8-14-24(25)22-27(28)42-21-13-20-41-19-11-7-10-18-37;1-6-2-4-7(5-3-6)11(8,9)10/h11-12,16-17,24,27-30H,7-10,13-15,18-23H2,1-6H3,(H,35,39)(H,36,38);8-9,14-15,23,26-29,37H,6-7,10-13,16-22H2,1-5H3,(H,34,39)(H,35,38);2-5H,1H3/t24-,27+,28-,29+,30-;23-,26+,27-,28+,29-;/m11./s1. The summed E-state index contributed by atoms with van der Waals surface area (Å²) in [4.78, 5) is 84.2. The molecule has 0 radical (unpaired) electrons. The summed E-state index contributed by atoms with van der Waals surface area (Å²) in [6.07, 6.45) is 14.2. The van der Waals surface area contributed by atoms with Gasteiger partial charge in [0.15, 0.2) is 0 Å². The van der Waals surface area contributed by atoms with Gasteiger partial charge < -0.3 is 55.1 Å². The van der Waals surface area contributed by atoms with Gasteiger partial charge >= 0.3 is 0 Å². The molecule has 0 saturated carbocycles. The molecule has 19 nitrogen and oxygen atoms in total. The zero-order valence-corrected chi connectivity index (χ0v) is 60.7. The van der Waals surface area contributed by atoms with Crippen LogP contribution < -0.4 is 21.3 Å². The Morgan fingerprint density at radius 1 is 0.568 bits per heavy atom. The number of nitrogens with zero attached hydrogens (tertiary/aromatic N) is 2. The molecular weight excluding hydrogens is 1250 g/mol. The average Bonchev–Trinajstić information content (AvgIpc) is 1.70. The summed E-state index contributed by atoms with van der Waals surface area (Å²) in [5.74, 6) is -1.37. The third-order valence-corrected chi connectivity index (χ3v) is 19.8. The summed E-state index contributed by atoms with van der Waals surface area (Å²) in [6.45, 7) is 28.5. The molecule has 4 aliphatic rings. The maximum absolute atomic E-state index is 13.8. The highest BCUT2D eigenvalue weighted by molar-refractivity contribution is 8.13. The molecule has 3 aromatic rings. The molecule has 0 unspecified atom stereocenters. The molecule has 3 aromatic carbocycles. The van der Waals surface area contributed by atoms with E-state index < -0.39 is 44.0 Å². The predicted molar refractivity (Wildman–Crippen MR) is 373 cm³/mol. The molecule has 2 aliphatic carbocycles. The first-order chi connectivity index (χ1) is 45.2. The summed E-state index contributed by atoms with van der Waals surface area (Å²) in [5.41, 5.74) is 4.48. The number of aryl methyl sites for hydroxylation is 1. The van der Waals surface area contributed by atoms with Gasteiger partial charge in [-0.05, 0) is 129 Å². The highest BCUT2D eigenvalue weighted by Crippen LogP contribution is 2.37. The third kappa shape index (κ3) is 25.1. The lowest BCUT2D eigenvalue weighted by Gasteiger charge is -2.36. The molecule has 5 N–H and O–H groups in total. The fourth-order valence-electron chi connectivity index (χ4n) is 12.3. The molecule has 0 aromatic heterocycles. The summed E-state index contributed by atoms with van der Waals surface area (Å²) in [7, 11) is 1.54. The molecule has 2 aliphatic heterocycles. The molecule has 0 spiro atoms. The molecule has 6 amide bonds. The van der Waals surface area contributed by atoms with E-state index >= 15 is 0 Å². The van der Waals surface area contributed by atoms with Gasteiger partial charge in [0.2, 0.25) is 35.4 Å². The Hall–Kier alpha value is -5.48. The number of aliphatic hydroxyl groups excluding tert-OH is 1. The normalized spacial score (nSPS) is 20.4. The second-order valence-electron chi connectivity index (χ2n) is 28.2. The largest absolute Gasteiger partial charge is 0.396 e. The first kappa shape index (κ1) is 80.2. The predicted octanol–water partition coefficient (Wildman–Crippen LogP) is 11.2. The molecule has 7 rings (SSSR count). The van der Waals surface area contributed by atoms with E-state index in [1.54, 1.807) is 21.9 Å². The molecule has 2 fully saturated rings. The number of amides is 6. The maximum Gasteiger partial charge on any atom is 0.261 e. The van der Waals surface area contributed by atoms with Crippen molar-refractivity contribution in [3.63, 3.8) is 0 Å². The SMILES string of the molecule is CCCCCCOCCCO[C@@H]1Cc2ccccc2[C@@H]1NC(=O)[C@@H]1CCCN1C(=O)[C@@H](NC(=O)[C@H](C)CC)C(C)(C)C.CC[C@@H](C)C(=O)N[C@H](C(=O)N1CCC[C@H]1C(=O)N[C@H]1c2ccccc2C[C@H]1OCCCOCCCCCO)C(C)(C)C.Cc1ccc(S(=O)(=O)Cl)cc1.